The maximum Gasteiger partial charge on any atom is 0.308 e. The lowest BCUT2D eigenvalue weighted by Gasteiger charge is -2.34. The third-order valence-corrected chi connectivity index (χ3v) is 5.33. The maximum absolute atomic E-state index is 13.0. The molecule has 1 aliphatic rings. The standard InChI is InChI=1S/C25H31N3O5/c1-2-3-15-32-24(30)16-21-25(31)26-13-14-28(21)23(29)17-27-20-11-7-8-12-22(20)33-18-19-9-5-4-6-10-19/h4-12,21,27H,2-3,13-18H2,1H3,(H,26,31). The number of para-hydroxylation sites is 2. The van der Waals surface area contributed by atoms with Gasteiger partial charge in [-0.2, -0.15) is 0 Å². The highest BCUT2D eigenvalue weighted by molar-refractivity contribution is 5.93. The first-order chi connectivity index (χ1) is 16.1. The zero-order valence-electron chi connectivity index (χ0n) is 18.9. The van der Waals surface area contributed by atoms with Gasteiger partial charge in [0.05, 0.1) is 25.3 Å². The number of unbranched alkanes of at least 4 members (excludes halogenated alkanes) is 1. The third kappa shape index (κ3) is 7.24. The van der Waals surface area contributed by atoms with E-state index in [-0.39, 0.29) is 24.8 Å². The molecule has 0 radical (unpaired) electrons. The van der Waals surface area contributed by atoms with Crippen molar-refractivity contribution in [3.8, 4) is 5.75 Å². The molecule has 0 bridgehead atoms. The molecule has 1 aliphatic heterocycles. The number of piperazine rings is 1. The predicted molar refractivity (Wildman–Crippen MR) is 125 cm³/mol. The lowest BCUT2D eigenvalue weighted by Crippen LogP contribution is -2.58. The van der Waals surface area contributed by atoms with Gasteiger partial charge < -0.3 is 25.0 Å². The first-order valence-electron chi connectivity index (χ1n) is 11.3. The van der Waals surface area contributed by atoms with Gasteiger partial charge in [-0.3, -0.25) is 14.4 Å². The molecule has 1 unspecified atom stereocenters. The van der Waals surface area contributed by atoms with E-state index in [0.717, 1.165) is 18.4 Å². The molecule has 33 heavy (non-hydrogen) atoms. The molecule has 0 aliphatic carbocycles. The number of carbonyl (C=O) groups excluding carboxylic acids is 3. The summed E-state index contributed by atoms with van der Waals surface area (Å²) >= 11 is 0. The fourth-order valence-corrected chi connectivity index (χ4v) is 3.51. The van der Waals surface area contributed by atoms with Crippen LogP contribution in [-0.4, -0.2) is 55.0 Å². The molecule has 0 spiro atoms. The van der Waals surface area contributed by atoms with Gasteiger partial charge in [0.15, 0.2) is 0 Å². The van der Waals surface area contributed by atoms with E-state index in [2.05, 4.69) is 10.6 Å². The van der Waals surface area contributed by atoms with Gasteiger partial charge in [-0.15, -0.1) is 0 Å². The molecule has 2 aromatic rings. The molecule has 1 saturated heterocycles. The highest BCUT2D eigenvalue weighted by atomic mass is 16.5. The second kappa shape index (κ2) is 12.5. The smallest absolute Gasteiger partial charge is 0.308 e. The summed E-state index contributed by atoms with van der Waals surface area (Å²) in [6.45, 7) is 3.38. The van der Waals surface area contributed by atoms with E-state index < -0.39 is 12.0 Å². The van der Waals surface area contributed by atoms with Gasteiger partial charge in [0.1, 0.15) is 18.4 Å². The van der Waals surface area contributed by atoms with E-state index in [1.165, 1.54) is 4.90 Å². The Morgan fingerprint density at radius 3 is 2.67 bits per heavy atom. The Morgan fingerprint density at radius 2 is 1.88 bits per heavy atom. The van der Waals surface area contributed by atoms with Crippen molar-refractivity contribution in [2.24, 2.45) is 0 Å². The number of nitrogens with zero attached hydrogens (tertiary/aromatic N) is 1. The average molecular weight is 454 g/mol. The van der Waals surface area contributed by atoms with Crippen LogP contribution < -0.4 is 15.4 Å². The van der Waals surface area contributed by atoms with Gasteiger partial charge in [-0.25, -0.2) is 0 Å². The number of carbonyl (C=O) groups is 3. The van der Waals surface area contributed by atoms with Gasteiger partial charge in [0.25, 0.3) is 0 Å². The first kappa shape index (κ1) is 24.1. The zero-order chi connectivity index (χ0) is 23.5. The van der Waals surface area contributed by atoms with Crippen LogP contribution in [0.4, 0.5) is 5.69 Å². The Hall–Kier alpha value is -3.55. The molecule has 1 fully saturated rings. The number of esters is 1. The number of anilines is 1. The number of amides is 2. The summed E-state index contributed by atoms with van der Waals surface area (Å²) in [6, 6.07) is 16.3. The largest absolute Gasteiger partial charge is 0.487 e. The van der Waals surface area contributed by atoms with Crippen molar-refractivity contribution in [2.75, 3.05) is 31.6 Å². The Bertz CT molecular complexity index is 935. The van der Waals surface area contributed by atoms with Crippen LogP contribution in [0.15, 0.2) is 54.6 Å². The summed E-state index contributed by atoms with van der Waals surface area (Å²) < 4.78 is 11.1. The summed E-state index contributed by atoms with van der Waals surface area (Å²) in [6.07, 6.45) is 1.52. The van der Waals surface area contributed by atoms with Gasteiger partial charge in [0, 0.05) is 13.1 Å². The van der Waals surface area contributed by atoms with Gasteiger partial charge >= 0.3 is 5.97 Å². The molecule has 0 saturated carbocycles. The summed E-state index contributed by atoms with van der Waals surface area (Å²) in [4.78, 5) is 38.9. The zero-order valence-corrected chi connectivity index (χ0v) is 18.9. The van der Waals surface area contributed by atoms with Crippen LogP contribution in [0.1, 0.15) is 31.7 Å². The summed E-state index contributed by atoms with van der Waals surface area (Å²) in [5, 5.41) is 5.84. The minimum absolute atomic E-state index is 0.0274. The van der Waals surface area contributed by atoms with Crippen molar-refractivity contribution in [3.05, 3.63) is 60.2 Å². The van der Waals surface area contributed by atoms with Crippen molar-refractivity contribution in [1.29, 1.82) is 0 Å². The molecular formula is C25H31N3O5. The fraction of sp³-hybridized carbons (Fsp3) is 0.400. The fourth-order valence-electron chi connectivity index (χ4n) is 3.51. The van der Waals surface area contributed by atoms with E-state index >= 15 is 0 Å². The van der Waals surface area contributed by atoms with Crippen LogP contribution in [0.25, 0.3) is 0 Å². The van der Waals surface area contributed by atoms with Crippen LogP contribution >= 0.6 is 0 Å². The molecular weight excluding hydrogens is 422 g/mol. The van der Waals surface area contributed by atoms with Crippen molar-refractivity contribution in [1.82, 2.24) is 10.2 Å². The second-order valence-corrected chi connectivity index (χ2v) is 7.80. The molecule has 176 valence electrons. The SMILES string of the molecule is CCCCOC(=O)CC1C(=O)NCCN1C(=O)CNc1ccccc1OCc1ccccc1. The van der Waals surface area contributed by atoms with Gasteiger partial charge in [0.2, 0.25) is 11.8 Å². The number of hydrogen-bond donors (Lipinski definition) is 2. The number of hydrogen-bond acceptors (Lipinski definition) is 6. The minimum Gasteiger partial charge on any atom is -0.487 e. The van der Waals surface area contributed by atoms with Crippen LogP contribution in [0.3, 0.4) is 0 Å². The van der Waals surface area contributed by atoms with E-state index in [1.54, 1.807) is 0 Å². The number of rotatable bonds is 11. The van der Waals surface area contributed by atoms with E-state index in [0.29, 0.717) is 37.7 Å². The Balaban J connectivity index is 1.58. The Morgan fingerprint density at radius 1 is 1.12 bits per heavy atom. The topological polar surface area (TPSA) is 97.0 Å². The quantitative estimate of drug-likeness (QED) is 0.401. The first-order valence-corrected chi connectivity index (χ1v) is 11.3. The van der Waals surface area contributed by atoms with Crippen molar-refractivity contribution in [3.63, 3.8) is 0 Å². The highest BCUT2D eigenvalue weighted by Gasteiger charge is 2.35. The van der Waals surface area contributed by atoms with Crippen molar-refractivity contribution >= 4 is 23.5 Å². The molecule has 1 atom stereocenters. The lowest BCUT2D eigenvalue weighted by atomic mass is 10.1. The highest BCUT2D eigenvalue weighted by Crippen LogP contribution is 2.25. The maximum atomic E-state index is 13.0. The average Bonchev–Trinajstić information content (AvgIpc) is 2.84. The molecule has 8 nitrogen and oxygen atoms in total. The van der Waals surface area contributed by atoms with Crippen LogP contribution in [0.2, 0.25) is 0 Å². The number of nitrogens with one attached hydrogen (secondary N) is 2. The Labute approximate surface area is 194 Å². The normalized spacial score (nSPS) is 15.5. The number of benzene rings is 2. The van der Waals surface area contributed by atoms with Crippen molar-refractivity contribution < 1.29 is 23.9 Å². The molecule has 2 aromatic carbocycles. The lowest BCUT2D eigenvalue weighted by molar-refractivity contribution is -0.151. The monoisotopic (exact) mass is 453 g/mol. The summed E-state index contributed by atoms with van der Waals surface area (Å²) in [7, 11) is 0. The van der Waals surface area contributed by atoms with Crippen LogP contribution in [0, 0.1) is 0 Å². The van der Waals surface area contributed by atoms with Crippen molar-refractivity contribution in [2.45, 2.75) is 38.8 Å². The van der Waals surface area contributed by atoms with E-state index in [4.69, 9.17) is 9.47 Å². The van der Waals surface area contributed by atoms with Crippen LogP contribution in [0.5, 0.6) is 5.75 Å². The summed E-state index contributed by atoms with van der Waals surface area (Å²) in [5.41, 5.74) is 1.72. The molecule has 3 rings (SSSR count). The van der Waals surface area contributed by atoms with E-state index in [9.17, 15) is 14.4 Å². The second-order valence-electron chi connectivity index (χ2n) is 7.80. The number of ether oxygens (including phenoxy) is 2. The van der Waals surface area contributed by atoms with Gasteiger partial charge in [-0.1, -0.05) is 55.8 Å². The minimum atomic E-state index is -0.869. The summed E-state index contributed by atoms with van der Waals surface area (Å²) in [5.74, 6) is -0.458. The Kier molecular flexibility index (Phi) is 9.11. The molecule has 2 N–H and O–H groups in total. The molecule has 2 amide bonds. The third-order valence-electron chi connectivity index (χ3n) is 5.33. The molecule has 0 aromatic heterocycles. The molecule has 1 heterocycles. The van der Waals surface area contributed by atoms with Crippen LogP contribution in [-0.2, 0) is 25.7 Å². The van der Waals surface area contributed by atoms with Gasteiger partial charge in [-0.05, 0) is 24.1 Å². The van der Waals surface area contributed by atoms with E-state index in [1.807, 2.05) is 61.5 Å². The molecule has 8 heteroatoms. The predicted octanol–water partition coefficient (Wildman–Crippen LogP) is 2.74.